The zero-order chi connectivity index (χ0) is 16.6. The van der Waals surface area contributed by atoms with Gasteiger partial charge in [0, 0.05) is 28.4 Å². The van der Waals surface area contributed by atoms with Crippen LogP contribution < -0.4 is 5.73 Å². The number of hydrogen-bond acceptors (Lipinski definition) is 4. The van der Waals surface area contributed by atoms with E-state index >= 15 is 0 Å². The fourth-order valence-corrected chi connectivity index (χ4v) is 2.81. The third-order valence-corrected chi connectivity index (χ3v) is 4.07. The SMILES string of the molecule is CC1=NN(C(=O)c2ccccc2N)[C@](O)(c2ccc(Cl)cc2)C1. The van der Waals surface area contributed by atoms with Gasteiger partial charge < -0.3 is 10.8 Å². The van der Waals surface area contributed by atoms with Gasteiger partial charge in [0.25, 0.3) is 5.91 Å². The minimum atomic E-state index is -1.55. The van der Waals surface area contributed by atoms with Crippen LogP contribution in [-0.2, 0) is 5.72 Å². The van der Waals surface area contributed by atoms with E-state index in [0.717, 1.165) is 5.01 Å². The maximum Gasteiger partial charge on any atom is 0.279 e. The Bertz CT molecular complexity index is 789. The number of nitrogen functional groups attached to an aromatic ring is 1. The first-order valence-electron chi connectivity index (χ1n) is 7.13. The van der Waals surface area contributed by atoms with E-state index in [9.17, 15) is 9.90 Å². The van der Waals surface area contributed by atoms with Crippen molar-refractivity contribution >= 4 is 28.9 Å². The quantitative estimate of drug-likeness (QED) is 0.831. The lowest BCUT2D eigenvalue weighted by atomic mass is 9.97. The summed E-state index contributed by atoms with van der Waals surface area (Å²) in [5, 5.41) is 17.0. The Balaban J connectivity index is 2.03. The molecule has 1 aliphatic heterocycles. The molecule has 0 unspecified atom stereocenters. The number of hydrazone groups is 1. The van der Waals surface area contributed by atoms with E-state index in [1.807, 2.05) is 0 Å². The summed E-state index contributed by atoms with van der Waals surface area (Å²) in [5.41, 5.74) is 6.18. The molecule has 5 nitrogen and oxygen atoms in total. The molecule has 1 atom stereocenters. The van der Waals surface area contributed by atoms with Crippen molar-refractivity contribution in [1.29, 1.82) is 0 Å². The Morgan fingerprint density at radius 3 is 2.57 bits per heavy atom. The van der Waals surface area contributed by atoms with Crippen molar-refractivity contribution in [3.05, 3.63) is 64.7 Å². The molecule has 0 aromatic heterocycles. The molecule has 23 heavy (non-hydrogen) atoms. The van der Waals surface area contributed by atoms with Crippen molar-refractivity contribution in [2.75, 3.05) is 5.73 Å². The standard InChI is InChI=1S/C17H16ClN3O2/c1-11-10-17(23,12-6-8-13(18)9-7-12)21(20-11)16(22)14-4-2-3-5-15(14)19/h2-9,23H,10,19H2,1H3/t17-/m1/s1. The molecule has 6 heteroatoms. The number of nitrogens with zero attached hydrogens (tertiary/aromatic N) is 2. The number of benzene rings is 2. The molecule has 0 spiro atoms. The normalized spacial score (nSPS) is 20.5. The number of anilines is 1. The molecule has 1 amide bonds. The van der Waals surface area contributed by atoms with E-state index in [2.05, 4.69) is 5.10 Å². The number of carbonyl (C=O) groups excluding carboxylic acids is 1. The first-order chi connectivity index (χ1) is 10.9. The van der Waals surface area contributed by atoms with Crippen molar-refractivity contribution in [1.82, 2.24) is 5.01 Å². The van der Waals surface area contributed by atoms with Gasteiger partial charge in [-0.05, 0) is 31.2 Å². The molecule has 3 rings (SSSR count). The molecule has 0 saturated carbocycles. The highest BCUT2D eigenvalue weighted by atomic mass is 35.5. The van der Waals surface area contributed by atoms with Gasteiger partial charge >= 0.3 is 0 Å². The lowest BCUT2D eigenvalue weighted by Crippen LogP contribution is -2.43. The molecule has 0 saturated heterocycles. The van der Waals surface area contributed by atoms with Crippen LogP contribution >= 0.6 is 11.6 Å². The van der Waals surface area contributed by atoms with E-state index in [0.29, 0.717) is 27.5 Å². The Hall–Kier alpha value is -2.37. The maximum atomic E-state index is 12.8. The van der Waals surface area contributed by atoms with Gasteiger partial charge in [-0.2, -0.15) is 10.1 Å². The van der Waals surface area contributed by atoms with Gasteiger partial charge in [-0.3, -0.25) is 4.79 Å². The number of carbonyl (C=O) groups is 1. The minimum Gasteiger partial charge on any atom is -0.398 e. The summed E-state index contributed by atoms with van der Waals surface area (Å²) in [5.74, 6) is -0.447. The number of hydrogen-bond donors (Lipinski definition) is 2. The average Bonchev–Trinajstić information content (AvgIpc) is 2.83. The molecule has 118 valence electrons. The van der Waals surface area contributed by atoms with Crippen molar-refractivity contribution in [3.63, 3.8) is 0 Å². The van der Waals surface area contributed by atoms with E-state index in [1.165, 1.54) is 0 Å². The van der Waals surface area contributed by atoms with Crippen LogP contribution in [0.5, 0.6) is 0 Å². The second-order valence-electron chi connectivity index (χ2n) is 5.54. The fraction of sp³-hybridized carbons (Fsp3) is 0.176. The summed E-state index contributed by atoms with van der Waals surface area (Å²) < 4.78 is 0. The van der Waals surface area contributed by atoms with Crippen molar-refractivity contribution in [3.8, 4) is 0 Å². The summed E-state index contributed by atoms with van der Waals surface area (Å²) in [6, 6.07) is 13.4. The molecule has 0 radical (unpaired) electrons. The third-order valence-electron chi connectivity index (χ3n) is 3.81. The Morgan fingerprint density at radius 2 is 1.91 bits per heavy atom. The first-order valence-corrected chi connectivity index (χ1v) is 7.51. The molecule has 0 bridgehead atoms. The summed E-state index contributed by atoms with van der Waals surface area (Å²) in [4.78, 5) is 12.8. The number of nitrogens with two attached hydrogens (primary N) is 1. The van der Waals surface area contributed by atoms with Crippen molar-refractivity contribution in [2.45, 2.75) is 19.1 Å². The first kappa shape index (κ1) is 15.5. The molecular formula is C17H16ClN3O2. The van der Waals surface area contributed by atoms with Crippen LogP contribution in [0, 0.1) is 0 Å². The van der Waals surface area contributed by atoms with Crippen LogP contribution in [0.2, 0.25) is 5.02 Å². The van der Waals surface area contributed by atoms with Gasteiger partial charge in [0.15, 0.2) is 5.72 Å². The van der Waals surface area contributed by atoms with Gasteiger partial charge in [-0.15, -0.1) is 0 Å². The van der Waals surface area contributed by atoms with Gasteiger partial charge in [-0.25, -0.2) is 0 Å². The Morgan fingerprint density at radius 1 is 1.26 bits per heavy atom. The van der Waals surface area contributed by atoms with Crippen LogP contribution in [0.25, 0.3) is 0 Å². The molecular weight excluding hydrogens is 314 g/mol. The minimum absolute atomic E-state index is 0.229. The summed E-state index contributed by atoms with van der Waals surface area (Å²) >= 11 is 5.90. The lowest BCUT2D eigenvalue weighted by Gasteiger charge is -2.31. The van der Waals surface area contributed by atoms with Crippen molar-refractivity contribution < 1.29 is 9.90 Å². The summed E-state index contributed by atoms with van der Waals surface area (Å²) in [7, 11) is 0. The van der Waals surface area contributed by atoms with Crippen LogP contribution in [0.1, 0.15) is 29.3 Å². The van der Waals surface area contributed by atoms with Crippen LogP contribution in [0.3, 0.4) is 0 Å². The molecule has 1 heterocycles. The van der Waals surface area contributed by atoms with Crippen LogP contribution in [0.4, 0.5) is 5.69 Å². The highest BCUT2D eigenvalue weighted by molar-refractivity contribution is 6.30. The maximum absolute atomic E-state index is 12.8. The molecule has 2 aromatic rings. The van der Waals surface area contributed by atoms with Crippen LogP contribution in [-0.4, -0.2) is 21.7 Å². The third kappa shape index (κ3) is 2.69. The van der Waals surface area contributed by atoms with E-state index in [4.69, 9.17) is 17.3 Å². The van der Waals surface area contributed by atoms with E-state index < -0.39 is 11.6 Å². The predicted molar refractivity (Wildman–Crippen MR) is 90.1 cm³/mol. The zero-order valence-corrected chi connectivity index (χ0v) is 13.3. The van der Waals surface area contributed by atoms with Gasteiger partial charge in [0.2, 0.25) is 0 Å². The number of halogens is 1. The zero-order valence-electron chi connectivity index (χ0n) is 12.5. The highest BCUT2D eigenvalue weighted by Crippen LogP contribution is 2.37. The van der Waals surface area contributed by atoms with Gasteiger partial charge in [0.05, 0.1) is 5.56 Å². The van der Waals surface area contributed by atoms with E-state index in [1.54, 1.807) is 55.5 Å². The van der Waals surface area contributed by atoms with Gasteiger partial charge in [-0.1, -0.05) is 35.9 Å². The number of para-hydroxylation sites is 1. The Kier molecular flexibility index (Phi) is 3.83. The Labute approximate surface area is 139 Å². The van der Waals surface area contributed by atoms with Crippen molar-refractivity contribution in [2.24, 2.45) is 5.10 Å². The molecule has 1 aliphatic rings. The molecule has 0 aliphatic carbocycles. The topological polar surface area (TPSA) is 78.9 Å². The second kappa shape index (κ2) is 5.68. The summed E-state index contributed by atoms with van der Waals surface area (Å²) in [6.07, 6.45) is 0.229. The summed E-state index contributed by atoms with van der Waals surface area (Å²) in [6.45, 7) is 1.77. The number of aliphatic hydroxyl groups is 1. The fourth-order valence-electron chi connectivity index (χ4n) is 2.68. The number of amides is 1. The largest absolute Gasteiger partial charge is 0.398 e. The van der Waals surface area contributed by atoms with Gasteiger partial charge in [0.1, 0.15) is 0 Å². The number of rotatable bonds is 2. The smallest absolute Gasteiger partial charge is 0.279 e. The second-order valence-corrected chi connectivity index (χ2v) is 5.98. The molecule has 2 aromatic carbocycles. The monoisotopic (exact) mass is 329 g/mol. The highest BCUT2D eigenvalue weighted by Gasteiger charge is 2.45. The predicted octanol–water partition coefficient (Wildman–Crippen LogP) is 2.99. The average molecular weight is 330 g/mol. The molecule has 0 fully saturated rings. The van der Waals surface area contributed by atoms with E-state index in [-0.39, 0.29) is 6.42 Å². The lowest BCUT2D eigenvalue weighted by molar-refractivity contribution is -0.0764. The van der Waals surface area contributed by atoms with Crippen LogP contribution in [0.15, 0.2) is 53.6 Å². The molecule has 3 N–H and O–H groups in total.